The van der Waals surface area contributed by atoms with Gasteiger partial charge in [-0.15, -0.1) is 11.6 Å². The van der Waals surface area contributed by atoms with Crippen molar-refractivity contribution in [2.45, 2.75) is 43.9 Å². The standard InChI is InChI=1S/C13H19ClO2/c14-12(13(15)16)6-11-9-2-7-1-8(4-9)5-10(11)3-7/h7-12H,1-6H2,(H,15,16). The van der Waals surface area contributed by atoms with Crippen molar-refractivity contribution in [2.75, 3.05) is 0 Å². The first-order chi connectivity index (χ1) is 7.63. The molecule has 0 aromatic carbocycles. The number of alkyl halides is 1. The van der Waals surface area contributed by atoms with E-state index in [2.05, 4.69) is 0 Å². The van der Waals surface area contributed by atoms with Crippen LogP contribution in [0.3, 0.4) is 0 Å². The van der Waals surface area contributed by atoms with Gasteiger partial charge in [-0.05, 0) is 68.1 Å². The molecule has 0 amide bonds. The molecule has 4 aliphatic rings. The van der Waals surface area contributed by atoms with Crippen molar-refractivity contribution >= 4 is 17.6 Å². The normalized spacial score (nSPS) is 46.9. The monoisotopic (exact) mass is 242 g/mol. The third-order valence-electron chi connectivity index (χ3n) is 5.17. The lowest BCUT2D eigenvalue weighted by Gasteiger charge is -2.54. The highest BCUT2D eigenvalue weighted by Crippen LogP contribution is 2.57. The Hall–Kier alpha value is -0.240. The van der Waals surface area contributed by atoms with Crippen molar-refractivity contribution in [3.63, 3.8) is 0 Å². The summed E-state index contributed by atoms with van der Waals surface area (Å²) >= 11 is 5.91. The average molecular weight is 243 g/mol. The molecule has 4 aliphatic carbocycles. The highest BCUT2D eigenvalue weighted by atomic mass is 35.5. The molecule has 0 aromatic rings. The van der Waals surface area contributed by atoms with E-state index in [1.54, 1.807) is 0 Å². The molecule has 1 unspecified atom stereocenters. The lowest BCUT2D eigenvalue weighted by atomic mass is 9.51. The minimum Gasteiger partial charge on any atom is -0.480 e. The molecule has 0 heterocycles. The molecule has 1 atom stereocenters. The first kappa shape index (κ1) is 10.9. The SMILES string of the molecule is O=C(O)C(Cl)CC1C2CC3CC(C2)CC1C3. The highest BCUT2D eigenvalue weighted by molar-refractivity contribution is 6.29. The van der Waals surface area contributed by atoms with Crippen LogP contribution in [0.4, 0.5) is 0 Å². The van der Waals surface area contributed by atoms with Gasteiger partial charge in [0, 0.05) is 0 Å². The topological polar surface area (TPSA) is 37.3 Å². The van der Waals surface area contributed by atoms with Crippen molar-refractivity contribution in [1.29, 1.82) is 0 Å². The van der Waals surface area contributed by atoms with Gasteiger partial charge in [-0.3, -0.25) is 4.79 Å². The zero-order valence-electron chi connectivity index (χ0n) is 9.44. The molecule has 0 aliphatic heterocycles. The Morgan fingerprint density at radius 1 is 1.12 bits per heavy atom. The van der Waals surface area contributed by atoms with Gasteiger partial charge in [0.2, 0.25) is 0 Å². The molecule has 4 saturated carbocycles. The predicted octanol–water partition coefficient (Wildman–Crippen LogP) is 3.14. The summed E-state index contributed by atoms with van der Waals surface area (Å²) in [5.74, 6) is 3.25. The molecule has 4 rings (SSSR count). The summed E-state index contributed by atoms with van der Waals surface area (Å²) in [6.07, 6.45) is 7.54. The molecule has 0 saturated heterocycles. The predicted molar refractivity (Wildman–Crippen MR) is 62.4 cm³/mol. The molecule has 0 radical (unpaired) electrons. The summed E-state index contributed by atoms with van der Waals surface area (Å²) in [5.41, 5.74) is 0. The van der Waals surface area contributed by atoms with E-state index in [1.807, 2.05) is 0 Å². The lowest BCUT2D eigenvalue weighted by Crippen LogP contribution is -2.46. The third-order valence-corrected chi connectivity index (χ3v) is 5.53. The summed E-state index contributed by atoms with van der Waals surface area (Å²) in [5, 5.41) is 8.24. The van der Waals surface area contributed by atoms with E-state index in [0.29, 0.717) is 12.3 Å². The van der Waals surface area contributed by atoms with Crippen LogP contribution in [-0.2, 0) is 4.79 Å². The van der Waals surface area contributed by atoms with Gasteiger partial charge < -0.3 is 5.11 Å². The Balaban J connectivity index is 1.70. The number of aliphatic carboxylic acids is 1. The first-order valence-electron chi connectivity index (χ1n) is 6.50. The van der Waals surface area contributed by atoms with E-state index in [1.165, 1.54) is 32.1 Å². The maximum Gasteiger partial charge on any atom is 0.321 e. The molecular formula is C13H19ClO2. The fraction of sp³-hybridized carbons (Fsp3) is 0.923. The summed E-state index contributed by atoms with van der Waals surface area (Å²) < 4.78 is 0. The van der Waals surface area contributed by atoms with Crippen molar-refractivity contribution in [3.8, 4) is 0 Å². The van der Waals surface area contributed by atoms with Gasteiger partial charge in [0.25, 0.3) is 0 Å². The Bertz CT molecular complexity index is 274. The molecule has 1 N–H and O–H groups in total. The smallest absolute Gasteiger partial charge is 0.321 e. The number of carboxylic acids is 1. The zero-order valence-corrected chi connectivity index (χ0v) is 10.2. The summed E-state index contributed by atoms with van der Waals surface area (Å²) in [6.45, 7) is 0. The van der Waals surface area contributed by atoms with Gasteiger partial charge in [0.1, 0.15) is 5.38 Å². The Kier molecular flexibility index (Phi) is 2.66. The van der Waals surface area contributed by atoms with Crippen molar-refractivity contribution in [3.05, 3.63) is 0 Å². The van der Waals surface area contributed by atoms with Gasteiger partial charge in [-0.25, -0.2) is 0 Å². The van der Waals surface area contributed by atoms with E-state index in [-0.39, 0.29) is 0 Å². The number of carbonyl (C=O) groups is 1. The van der Waals surface area contributed by atoms with Crippen molar-refractivity contribution < 1.29 is 9.90 Å². The number of carboxylic acid groups (broad SMARTS) is 1. The van der Waals surface area contributed by atoms with Crippen LogP contribution < -0.4 is 0 Å². The number of hydrogen-bond donors (Lipinski definition) is 1. The second kappa shape index (κ2) is 3.90. The van der Waals surface area contributed by atoms with E-state index >= 15 is 0 Å². The molecule has 3 heteroatoms. The fourth-order valence-electron chi connectivity index (χ4n) is 4.76. The van der Waals surface area contributed by atoms with Crippen LogP contribution in [0.15, 0.2) is 0 Å². The summed E-state index contributed by atoms with van der Waals surface area (Å²) in [6, 6.07) is 0. The fourth-order valence-corrected chi connectivity index (χ4v) is 4.97. The Morgan fingerprint density at radius 3 is 2.06 bits per heavy atom. The molecule has 0 spiro atoms. The van der Waals surface area contributed by atoms with Crippen LogP contribution in [-0.4, -0.2) is 16.5 Å². The first-order valence-corrected chi connectivity index (χ1v) is 6.94. The minimum absolute atomic E-state index is 0.603. The van der Waals surface area contributed by atoms with Gasteiger partial charge in [0.05, 0.1) is 0 Å². The second-order valence-corrected chi connectivity index (χ2v) is 6.66. The van der Waals surface area contributed by atoms with Crippen LogP contribution in [0.1, 0.15) is 38.5 Å². The maximum absolute atomic E-state index is 10.8. The van der Waals surface area contributed by atoms with Crippen LogP contribution in [0, 0.1) is 29.6 Å². The Labute approximate surface area is 101 Å². The van der Waals surface area contributed by atoms with Crippen molar-refractivity contribution in [2.24, 2.45) is 29.6 Å². The summed E-state index contributed by atoms with van der Waals surface area (Å²) in [4.78, 5) is 10.8. The number of rotatable bonds is 3. The van der Waals surface area contributed by atoms with E-state index in [0.717, 1.165) is 23.7 Å². The maximum atomic E-state index is 10.8. The summed E-state index contributed by atoms with van der Waals surface area (Å²) in [7, 11) is 0. The number of hydrogen-bond acceptors (Lipinski definition) is 1. The largest absolute Gasteiger partial charge is 0.480 e. The number of halogens is 1. The van der Waals surface area contributed by atoms with Crippen LogP contribution in [0.25, 0.3) is 0 Å². The molecule has 2 nitrogen and oxygen atoms in total. The molecule has 4 fully saturated rings. The lowest BCUT2D eigenvalue weighted by molar-refractivity contribution is -0.137. The van der Waals surface area contributed by atoms with E-state index < -0.39 is 11.3 Å². The van der Waals surface area contributed by atoms with Gasteiger partial charge >= 0.3 is 5.97 Å². The van der Waals surface area contributed by atoms with Crippen LogP contribution in [0.5, 0.6) is 0 Å². The van der Waals surface area contributed by atoms with Gasteiger partial charge in [-0.2, -0.15) is 0 Å². The highest BCUT2D eigenvalue weighted by Gasteiger charge is 2.48. The third kappa shape index (κ3) is 1.75. The average Bonchev–Trinajstić information content (AvgIpc) is 2.21. The molecule has 90 valence electrons. The zero-order chi connectivity index (χ0) is 11.3. The Morgan fingerprint density at radius 2 is 1.62 bits per heavy atom. The van der Waals surface area contributed by atoms with E-state index in [9.17, 15) is 4.79 Å². The van der Waals surface area contributed by atoms with Crippen molar-refractivity contribution in [1.82, 2.24) is 0 Å². The van der Waals surface area contributed by atoms with Crippen LogP contribution in [0.2, 0.25) is 0 Å². The molecular weight excluding hydrogens is 224 g/mol. The van der Waals surface area contributed by atoms with Crippen LogP contribution >= 0.6 is 11.6 Å². The van der Waals surface area contributed by atoms with Gasteiger partial charge in [-0.1, -0.05) is 0 Å². The van der Waals surface area contributed by atoms with E-state index in [4.69, 9.17) is 16.7 Å². The second-order valence-electron chi connectivity index (χ2n) is 6.14. The molecule has 4 bridgehead atoms. The quantitative estimate of drug-likeness (QED) is 0.772. The molecule has 0 aromatic heterocycles. The van der Waals surface area contributed by atoms with Gasteiger partial charge in [0.15, 0.2) is 0 Å². The minimum atomic E-state index is -0.838. The molecule has 16 heavy (non-hydrogen) atoms.